The molecule has 0 aliphatic heterocycles. The van der Waals surface area contributed by atoms with Gasteiger partial charge in [0.05, 0.1) is 0 Å². The van der Waals surface area contributed by atoms with Gasteiger partial charge >= 0.3 is 5.97 Å². The molecule has 1 aromatic carbocycles. The molecule has 2 N–H and O–H groups in total. The Bertz CT molecular complexity index is 596. The number of pyridine rings is 1. The lowest BCUT2D eigenvalue weighted by molar-refractivity contribution is -0.139. The van der Waals surface area contributed by atoms with Gasteiger partial charge in [-0.15, -0.1) is 0 Å². The molecule has 0 radical (unpaired) electrons. The second-order valence-corrected chi connectivity index (χ2v) is 3.88. The number of nitrogens with zero attached hydrogens (tertiary/aromatic N) is 1. The van der Waals surface area contributed by atoms with Crippen molar-refractivity contribution in [3.8, 4) is 5.75 Å². The third-order valence-electron chi connectivity index (χ3n) is 2.39. The maximum Gasteiger partial charge on any atom is 0.341 e. The molecule has 0 saturated heterocycles. The summed E-state index contributed by atoms with van der Waals surface area (Å²) < 4.78 is 4.98. The summed E-state index contributed by atoms with van der Waals surface area (Å²) in [4.78, 5) is 26.2. The van der Waals surface area contributed by atoms with E-state index in [1.807, 2.05) is 0 Å². The molecule has 0 spiro atoms. The normalized spacial score (nSPS) is 9.80. The first-order valence-corrected chi connectivity index (χ1v) is 5.82. The Hall–Kier alpha value is -2.89. The Morgan fingerprint density at radius 3 is 2.50 bits per heavy atom. The molecule has 2 rings (SSSR count). The fourth-order valence-electron chi connectivity index (χ4n) is 1.47. The van der Waals surface area contributed by atoms with Crippen LogP contribution in [0.3, 0.4) is 0 Å². The van der Waals surface area contributed by atoms with Gasteiger partial charge in [0, 0.05) is 11.8 Å². The number of nitrogens with one attached hydrogen (secondary N) is 1. The van der Waals surface area contributed by atoms with E-state index in [0.29, 0.717) is 17.1 Å². The SMILES string of the molecule is O=C(O)COc1ccc(C(=O)Nc2ccccn2)cc1. The number of hydrogen-bond acceptors (Lipinski definition) is 4. The minimum atomic E-state index is -1.05. The number of aromatic nitrogens is 1. The summed E-state index contributed by atoms with van der Waals surface area (Å²) in [5.41, 5.74) is 0.429. The quantitative estimate of drug-likeness (QED) is 0.866. The lowest BCUT2D eigenvalue weighted by Gasteiger charge is -2.06. The molecule has 0 unspecified atom stereocenters. The lowest BCUT2D eigenvalue weighted by atomic mass is 10.2. The van der Waals surface area contributed by atoms with Crippen molar-refractivity contribution >= 4 is 17.7 Å². The molecule has 6 heteroatoms. The lowest BCUT2D eigenvalue weighted by Crippen LogP contribution is -2.13. The minimum Gasteiger partial charge on any atom is -0.482 e. The van der Waals surface area contributed by atoms with Crippen LogP contribution in [0.2, 0.25) is 0 Å². The number of anilines is 1. The number of aliphatic carboxylic acids is 1. The van der Waals surface area contributed by atoms with Gasteiger partial charge in [-0.05, 0) is 36.4 Å². The molecule has 1 amide bonds. The van der Waals surface area contributed by atoms with Crippen LogP contribution in [0, 0.1) is 0 Å². The molecule has 102 valence electrons. The van der Waals surface area contributed by atoms with Gasteiger partial charge in [0.2, 0.25) is 0 Å². The zero-order valence-electron chi connectivity index (χ0n) is 10.4. The fourth-order valence-corrected chi connectivity index (χ4v) is 1.47. The van der Waals surface area contributed by atoms with Crippen molar-refractivity contribution in [2.45, 2.75) is 0 Å². The molecule has 2 aromatic rings. The van der Waals surface area contributed by atoms with Crippen molar-refractivity contribution < 1.29 is 19.4 Å². The largest absolute Gasteiger partial charge is 0.482 e. The topological polar surface area (TPSA) is 88.5 Å². The maximum atomic E-state index is 11.9. The summed E-state index contributed by atoms with van der Waals surface area (Å²) in [5.74, 6) is -0.499. The standard InChI is InChI=1S/C14H12N2O4/c17-13(18)9-20-11-6-4-10(5-7-11)14(19)16-12-3-1-2-8-15-12/h1-8H,9H2,(H,17,18)(H,15,16,19). The van der Waals surface area contributed by atoms with Crippen LogP contribution in [-0.4, -0.2) is 28.6 Å². The van der Waals surface area contributed by atoms with Crippen LogP contribution >= 0.6 is 0 Å². The van der Waals surface area contributed by atoms with E-state index in [-0.39, 0.29) is 5.91 Å². The Balaban J connectivity index is 1.99. The van der Waals surface area contributed by atoms with Crippen molar-refractivity contribution in [1.29, 1.82) is 0 Å². The third kappa shape index (κ3) is 3.81. The summed E-state index contributed by atoms with van der Waals surface area (Å²) in [6, 6.07) is 11.4. The second-order valence-electron chi connectivity index (χ2n) is 3.88. The average Bonchev–Trinajstić information content (AvgIpc) is 2.46. The highest BCUT2D eigenvalue weighted by atomic mass is 16.5. The summed E-state index contributed by atoms with van der Waals surface area (Å²) >= 11 is 0. The zero-order chi connectivity index (χ0) is 14.4. The van der Waals surface area contributed by atoms with Crippen molar-refractivity contribution in [3.63, 3.8) is 0 Å². The van der Waals surface area contributed by atoms with Crippen LogP contribution in [0.5, 0.6) is 5.75 Å². The highest BCUT2D eigenvalue weighted by Crippen LogP contribution is 2.13. The van der Waals surface area contributed by atoms with Crippen LogP contribution in [0.15, 0.2) is 48.7 Å². The van der Waals surface area contributed by atoms with Gasteiger partial charge < -0.3 is 15.2 Å². The molecule has 6 nitrogen and oxygen atoms in total. The van der Waals surface area contributed by atoms with E-state index in [1.54, 1.807) is 36.5 Å². The van der Waals surface area contributed by atoms with Gasteiger partial charge in [-0.3, -0.25) is 4.79 Å². The molecule has 0 aliphatic carbocycles. The van der Waals surface area contributed by atoms with Crippen molar-refractivity contribution in [1.82, 2.24) is 4.98 Å². The maximum absolute atomic E-state index is 11.9. The third-order valence-corrected chi connectivity index (χ3v) is 2.39. The van der Waals surface area contributed by atoms with Gasteiger partial charge in [0.1, 0.15) is 11.6 Å². The molecule has 0 bridgehead atoms. The molecule has 20 heavy (non-hydrogen) atoms. The number of hydrogen-bond donors (Lipinski definition) is 2. The molecular formula is C14H12N2O4. The first-order chi connectivity index (χ1) is 9.65. The van der Waals surface area contributed by atoms with Crippen LogP contribution in [0.25, 0.3) is 0 Å². The van der Waals surface area contributed by atoms with E-state index in [4.69, 9.17) is 9.84 Å². The first kappa shape index (κ1) is 13.5. The minimum absolute atomic E-state index is 0.298. The number of rotatable bonds is 5. The van der Waals surface area contributed by atoms with Gasteiger partial charge in [0.15, 0.2) is 6.61 Å². The Morgan fingerprint density at radius 2 is 1.90 bits per heavy atom. The molecule has 0 saturated carbocycles. The zero-order valence-corrected chi connectivity index (χ0v) is 10.4. The van der Waals surface area contributed by atoms with E-state index < -0.39 is 12.6 Å². The number of carbonyl (C=O) groups excluding carboxylic acids is 1. The van der Waals surface area contributed by atoms with E-state index in [0.717, 1.165) is 0 Å². The molecular weight excluding hydrogens is 260 g/mol. The van der Waals surface area contributed by atoms with Crippen LogP contribution in [-0.2, 0) is 4.79 Å². The Labute approximate surface area is 115 Å². The number of carbonyl (C=O) groups is 2. The monoisotopic (exact) mass is 272 g/mol. The molecule has 1 heterocycles. The predicted octanol–water partition coefficient (Wildman–Crippen LogP) is 1.80. The van der Waals surface area contributed by atoms with Gasteiger partial charge in [0.25, 0.3) is 5.91 Å². The van der Waals surface area contributed by atoms with Gasteiger partial charge in [-0.25, -0.2) is 9.78 Å². The number of benzene rings is 1. The number of ether oxygens (including phenoxy) is 1. The molecule has 0 aliphatic rings. The molecule has 0 fully saturated rings. The van der Waals surface area contributed by atoms with Gasteiger partial charge in [-0.2, -0.15) is 0 Å². The number of carboxylic acids is 1. The first-order valence-electron chi connectivity index (χ1n) is 5.82. The average molecular weight is 272 g/mol. The summed E-state index contributed by atoms with van der Waals surface area (Å²) in [6.45, 7) is -0.417. The summed E-state index contributed by atoms with van der Waals surface area (Å²) in [6.07, 6.45) is 1.58. The van der Waals surface area contributed by atoms with E-state index in [2.05, 4.69) is 10.3 Å². The van der Waals surface area contributed by atoms with Crippen LogP contribution in [0.4, 0.5) is 5.82 Å². The van der Waals surface area contributed by atoms with Crippen LogP contribution in [0.1, 0.15) is 10.4 Å². The summed E-state index contributed by atoms with van der Waals surface area (Å²) in [5, 5.41) is 11.1. The Morgan fingerprint density at radius 1 is 1.15 bits per heavy atom. The van der Waals surface area contributed by atoms with E-state index in [9.17, 15) is 9.59 Å². The number of carboxylic acid groups (broad SMARTS) is 1. The van der Waals surface area contributed by atoms with E-state index >= 15 is 0 Å². The van der Waals surface area contributed by atoms with Crippen molar-refractivity contribution in [2.75, 3.05) is 11.9 Å². The van der Waals surface area contributed by atoms with E-state index in [1.165, 1.54) is 12.1 Å². The van der Waals surface area contributed by atoms with Gasteiger partial charge in [-0.1, -0.05) is 6.07 Å². The van der Waals surface area contributed by atoms with Crippen LogP contribution < -0.4 is 10.1 Å². The highest BCUT2D eigenvalue weighted by Gasteiger charge is 2.07. The smallest absolute Gasteiger partial charge is 0.341 e. The predicted molar refractivity (Wildman–Crippen MR) is 71.8 cm³/mol. The molecule has 0 atom stereocenters. The highest BCUT2D eigenvalue weighted by molar-refractivity contribution is 6.03. The second kappa shape index (κ2) is 6.33. The number of amides is 1. The van der Waals surface area contributed by atoms with Crippen molar-refractivity contribution in [2.24, 2.45) is 0 Å². The fraction of sp³-hybridized carbons (Fsp3) is 0.0714. The van der Waals surface area contributed by atoms with Crippen molar-refractivity contribution in [3.05, 3.63) is 54.2 Å². The summed E-state index contributed by atoms with van der Waals surface area (Å²) in [7, 11) is 0. The Kier molecular flexibility index (Phi) is 4.28. The molecule has 1 aromatic heterocycles.